The molecule has 5 heterocycles. The van der Waals surface area contributed by atoms with Crippen molar-refractivity contribution in [1.82, 2.24) is 34.3 Å². The number of hydrogen-bond acceptors (Lipinski definition) is 9. The van der Waals surface area contributed by atoms with Crippen LogP contribution in [-0.4, -0.2) is 62.1 Å². The number of aromatic nitrogens is 7. The van der Waals surface area contributed by atoms with E-state index in [1.165, 1.54) is 6.20 Å². The molecule has 0 radical (unpaired) electrons. The molecule has 1 fully saturated rings. The second-order valence-corrected chi connectivity index (χ2v) is 17.0. The van der Waals surface area contributed by atoms with Gasteiger partial charge in [-0.15, -0.1) is 6.42 Å². The fourth-order valence-electron chi connectivity index (χ4n) is 5.14. The second kappa shape index (κ2) is 11.9. The van der Waals surface area contributed by atoms with Crippen LogP contribution in [-0.2, 0) is 11.5 Å². The molecule has 4 aromatic heterocycles. The van der Waals surface area contributed by atoms with E-state index in [-0.39, 0.29) is 17.7 Å². The van der Waals surface area contributed by atoms with Crippen molar-refractivity contribution in [3.05, 3.63) is 48.6 Å². The molecule has 1 aliphatic rings. The molecular formula is C29H32N10OSi. The average Bonchev–Trinajstić information content (AvgIpc) is 3.73. The third-order valence-electron chi connectivity index (χ3n) is 7.37. The van der Waals surface area contributed by atoms with Crippen molar-refractivity contribution in [3.63, 3.8) is 0 Å². The van der Waals surface area contributed by atoms with Crippen molar-refractivity contribution >= 4 is 24.9 Å². The number of terminal acetylenes is 1. The Bertz CT molecular complexity index is 1670. The molecule has 41 heavy (non-hydrogen) atoms. The summed E-state index contributed by atoms with van der Waals surface area (Å²) in [4.78, 5) is 19.8. The Balaban J connectivity index is 1.34. The highest BCUT2D eigenvalue weighted by Crippen LogP contribution is 2.34. The Morgan fingerprint density at radius 3 is 2.80 bits per heavy atom. The van der Waals surface area contributed by atoms with E-state index in [0.717, 1.165) is 41.4 Å². The van der Waals surface area contributed by atoms with Crippen LogP contribution in [0.15, 0.2) is 37.2 Å². The Kier molecular flexibility index (Phi) is 8.11. The van der Waals surface area contributed by atoms with Crippen LogP contribution in [0.5, 0.6) is 0 Å². The molecule has 5 rings (SSSR count). The van der Waals surface area contributed by atoms with Gasteiger partial charge in [-0.1, -0.05) is 19.6 Å². The number of ether oxygens (including phenoxy) is 1. The van der Waals surface area contributed by atoms with Gasteiger partial charge in [-0.05, 0) is 24.5 Å². The molecule has 0 spiro atoms. The minimum absolute atomic E-state index is 0.128. The molecule has 208 valence electrons. The highest BCUT2D eigenvalue weighted by Gasteiger charge is 2.33. The lowest BCUT2D eigenvalue weighted by Gasteiger charge is -2.23. The van der Waals surface area contributed by atoms with Gasteiger partial charge in [0.2, 0.25) is 0 Å². The maximum absolute atomic E-state index is 9.66. The number of fused-ring (bicyclic) bond motifs is 1. The molecule has 0 unspecified atom stereocenters. The van der Waals surface area contributed by atoms with Crippen molar-refractivity contribution in [2.75, 3.05) is 24.6 Å². The van der Waals surface area contributed by atoms with Gasteiger partial charge in [-0.3, -0.25) is 4.68 Å². The summed E-state index contributed by atoms with van der Waals surface area (Å²) < 4.78 is 9.81. The summed E-state index contributed by atoms with van der Waals surface area (Å²) in [5.74, 6) is 3.07. The minimum Gasteiger partial charge on any atom is -0.361 e. The summed E-state index contributed by atoms with van der Waals surface area (Å²) in [6.07, 6.45) is 15.3. The Labute approximate surface area is 240 Å². The molecule has 0 bridgehead atoms. The summed E-state index contributed by atoms with van der Waals surface area (Å²) in [6.45, 7) is 9.50. The quantitative estimate of drug-likeness (QED) is 0.157. The molecule has 0 saturated carbocycles. The van der Waals surface area contributed by atoms with Gasteiger partial charge in [-0.25, -0.2) is 19.9 Å². The Morgan fingerprint density at radius 2 is 2.05 bits per heavy atom. The smallest absolute Gasteiger partial charge is 0.184 e. The molecule has 0 aromatic carbocycles. The first-order chi connectivity index (χ1) is 19.8. The van der Waals surface area contributed by atoms with Crippen LogP contribution in [0.1, 0.15) is 30.3 Å². The van der Waals surface area contributed by atoms with Crippen molar-refractivity contribution in [2.24, 2.45) is 5.92 Å². The normalized spacial score (nSPS) is 15.9. The maximum atomic E-state index is 9.66. The van der Waals surface area contributed by atoms with E-state index in [1.807, 2.05) is 32.6 Å². The first-order valence-electron chi connectivity index (χ1n) is 13.6. The fraction of sp³-hybridized carbons (Fsp3) is 0.414. The van der Waals surface area contributed by atoms with E-state index in [4.69, 9.17) is 11.2 Å². The van der Waals surface area contributed by atoms with E-state index in [0.29, 0.717) is 37.8 Å². The molecule has 4 aromatic rings. The maximum Gasteiger partial charge on any atom is 0.184 e. The van der Waals surface area contributed by atoms with E-state index < -0.39 is 8.07 Å². The van der Waals surface area contributed by atoms with Crippen molar-refractivity contribution in [1.29, 1.82) is 10.5 Å². The van der Waals surface area contributed by atoms with Crippen molar-refractivity contribution in [3.8, 4) is 35.7 Å². The molecular weight excluding hydrogens is 532 g/mol. The second-order valence-electron chi connectivity index (χ2n) is 11.4. The standard InChI is InChI=1S/C29H32N10OSi/c1-5-23-16-32-29(25(14-31)36-23)37-10-7-21(17-37)26(6-9-30)39-18-22(15-35-39)27-24-8-11-38(28(24)34-19-33-27)20-40-12-13-41(2,3)4/h1,8,11,15-16,18-19,21,26H,6-7,10,12-13,17,20H2,2-4H3/t21-,26-/m0/s1. The lowest BCUT2D eigenvalue weighted by Crippen LogP contribution is -2.26. The van der Waals surface area contributed by atoms with Crippen LogP contribution in [0.2, 0.25) is 25.7 Å². The number of hydrogen-bond donors (Lipinski definition) is 0. The zero-order valence-electron chi connectivity index (χ0n) is 23.5. The first kappa shape index (κ1) is 28.0. The topological polar surface area (TPSA) is 134 Å². The molecule has 11 nitrogen and oxygen atoms in total. The molecule has 1 aliphatic heterocycles. The van der Waals surface area contributed by atoms with Gasteiger partial charge in [0, 0.05) is 57.0 Å². The minimum atomic E-state index is -1.16. The summed E-state index contributed by atoms with van der Waals surface area (Å²) >= 11 is 0. The van der Waals surface area contributed by atoms with Gasteiger partial charge in [-0.2, -0.15) is 15.6 Å². The third-order valence-corrected chi connectivity index (χ3v) is 9.08. The molecule has 0 N–H and O–H groups in total. The lowest BCUT2D eigenvalue weighted by atomic mass is 9.96. The monoisotopic (exact) mass is 564 g/mol. The van der Waals surface area contributed by atoms with Crippen LogP contribution in [0.4, 0.5) is 5.82 Å². The highest BCUT2D eigenvalue weighted by atomic mass is 28.3. The van der Waals surface area contributed by atoms with Gasteiger partial charge >= 0.3 is 0 Å². The number of nitriles is 2. The molecule has 0 amide bonds. The Hall–Kier alpha value is -4.57. The zero-order chi connectivity index (χ0) is 29.0. The van der Waals surface area contributed by atoms with Crippen molar-refractivity contribution < 1.29 is 4.74 Å². The highest BCUT2D eigenvalue weighted by molar-refractivity contribution is 6.76. The predicted octanol–water partition coefficient (Wildman–Crippen LogP) is 4.23. The van der Waals surface area contributed by atoms with Crippen LogP contribution in [0, 0.1) is 40.9 Å². The first-order valence-corrected chi connectivity index (χ1v) is 17.3. The summed E-state index contributed by atoms with van der Waals surface area (Å²) in [6, 6.07) is 7.40. The number of nitrogens with zero attached hydrogens (tertiary/aromatic N) is 10. The SMILES string of the molecule is C#Cc1cnc(N2CC[C@H]([C@H](CC#N)n3cc(-c4ncnc5c4ccn5COCC[Si](C)(C)C)cn3)C2)c(C#N)n1. The molecule has 12 heteroatoms. The van der Waals surface area contributed by atoms with Crippen LogP contribution < -0.4 is 4.90 Å². The third kappa shape index (κ3) is 6.12. The van der Waals surface area contributed by atoms with E-state index in [2.05, 4.69) is 62.7 Å². The van der Waals surface area contributed by atoms with Gasteiger partial charge in [0.05, 0.1) is 36.6 Å². The summed E-state index contributed by atoms with van der Waals surface area (Å²) in [5.41, 5.74) is 2.99. The predicted molar refractivity (Wildman–Crippen MR) is 157 cm³/mol. The van der Waals surface area contributed by atoms with Gasteiger partial charge in [0.15, 0.2) is 11.5 Å². The zero-order valence-corrected chi connectivity index (χ0v) is 24.5. The van der Waals surface area contributed by atoms with E-state index in [9.17, 15) is 10.5 Å². The largest absolute Gasteiger partial charge is 0.361 e. The number of rotatable bonds is 10. The lowest BCUT2D eigenvalue weighted by molar-refractivity contribution is 0.0899. The summed E-state index contributed by atoms with van der Waals surface area (Å²) in [5, 5.41) is 24.8. The Morgan fingerprint density at radius 1 is 1.20 bits per heavy atom. The van der Waals surface area contributed by atoms with Gasteiger partial charge in [0.1, 0.15) is 30.5 Å². The number of anilines is 1. The van der Waals surface area contributed by atoms with E-state index in [1.54, 1.807) is 12.5 Å². The molecule has 1 saturated heterocycles. The van der Waals surface area contributed by atoms with E-state index >= 15 is 0 Å². The van der Waals surface area contributed by atoms with Gasteiger partial charge < -0.3 is 14.2 Å². The molecule has 2 atom stereocenters. The van der Waals surface area contributed by atoms with Gasteiger partial charge in [0.25, 0.3) is 0 Å². The van der Waals surface area contributed by atoms with Crippen LogP contribution in [0.25, 0.3) is 22.3 Å². The summed E-state index contributed by atoms with van der Waals surface area (Å²) in [7, 11) is -1.16. The average molecular weight is 565 g/mol. The van der Waals surface area contributed by atoms with Crippen LogP contribution in [0.3, 0.4) is 0 Å². The van der Waals surface area contributed by atoms with Crippen molar-refractivity contribution in [2.45, 2.75) is 51.3 Å². The van der Waals surface area contributed by atoms with Crippen LogP contribution >= 0.6 is 0 Å². The fourth-order valence-corrected chi connectivity index (χ4v) is 5.90. The molecule has 0 aliphatic carbocycles.